The van der Waals surface area contributed by atoms with Crippen LogP contribution in [0.1, 0.15) is 23.2 Å². The number of nitro groups is 1. The van der Waals surface area contributed by atoms with Crippen molar-refractivity contribution in [1.29, 1.82) is 0 Å². The van der Waals surface area contributed by atoms with E-state index in [0.717, 1.165) is 25.9 Å². The number of anilines is 1. The molecule has 0 radical (unpaired) electrons. The molecule has 0 unspecified atom stereocenters. The molecule has 1 aliphatic heterocycles. The van der Waals surface area contributed by atoms with Crippen molar-refractivity contribution in [2.75, 3.05) is 45.2 Å². The first-order chi connectivity index (χ1) is 10.5. The van der Waals surface area contributed by atoms with Gasteiger partial charge in [0, 0.05) is 44.9 Å². The second-order valence-electron chi connectivity index (χ2n) is 5.49. The lowest BCUT2D eigenvalue weighted by Crippen LogP contribution is -2.32. The summed E-state index contributed by atoms with van der Waals surface area (Å²) in [7, 11) is 3.51. The Morgan fingerprint density at radius 1 is 1.39 bits per heavy atom. The Labute approximate surface area is 142 Å². The van der Waals surface area contributed by atoms with E-state index in [0.29, 0.717) is 24.3 Å². The number of rotatable bonds is 6. The molecule has 1 aromatic carbocycles. The van der Waals surface area contributed by atoms with E-state index in [2.05, 4.69) is 5.32 Å². The van der Waals surface area contributed by atoms with Crippen LogP contribution in [0, 0.1) is 10.1 Å². The third-order valence-corrected chi connectivity index (χ3v) is 3.91. The summed E-state index contributed by atoms with van der Waals surface area (Å²) >= 11 is 0. The molecule has 1 fully saturated rings. The van der Waals surface area contributed by atoms with Gasteiger partial charge in [0.1, 0.15) is 5.69 Å². The molecule has 0 spiro atoms. The Balaban J connectivity index is 0.00000264. The van der Waals surface area contributed by atoms with Crippen molar-refractivity contribution in [3.8, 4) is 0 Å². The molecule has 1 saturated heterocycles. The van der Waals surface area contributed by atoms with E-state index in [-0.39, 0.29) is 24.0 Å². The van der Waals surface area contributed by atoms with Gasteiger partial charge in [0.05, 0.1) is 4.92 Å². The maximum atomic E-state index is 12.3. The summed E-state index contributed by atoms with van der Waals surface area (Å²) in [6.45, 7) is 2.89. The van der Waals surface area contributed by atoms with Crippen molar-refractivity contribution in [1.82, 2.24) is 10.2 Å². The van der Waals surface area contributed by atoms with Gasteiger partial charge in [-0.05, 0) is 32.0 Å². The van der Waals surface area contributed by atoms with Crippen LogP contribution in [0.25, 0.3) is 0 Å². The normalized spacial score (nSPS) is 13.6. The van der Waals surface area contributed by atoms with Crippen LogP contribution in [0.3, 0.4) is 0 Å². The van der Waals surface area contributed by atoms with Gasteiger partial charge < -0.3 is 15.1 Å². The summed E-state index contributed by atoms with van der Waals surface area (Å²) in [4.78, 5) is 26.8. The van der Waals surface area contributed by atoms with E-state index in [9.17, 15) is 14.9 Å². The van der Waals surface area contributed by atoms with Gasteiger partial charge in [-0.1, -0.05) is 0 Å². The first-order valence-corrected chi connectivity index (χ1v) is 7.48. The number of halogens is 1. The minimum absolute atomic E-state index is 0. The molecule has 0 aromatic heterocycles. The Bertz CT molecular complexity index is 562. The van der Waals surface area contributed by atoms with Crippen LogP contribution in [0.4, 0.5) is 11.4 Å². The van der Waals surface area contributed by atoms with Gasteiger partial charge in [-0.3, -0.25) is 14.9 Å². The summed E-state index contributed by atoms with van der Waals surface area (Å²) in [5, 5.41) is 14.3. The van der Waals surface area contributed by atoms with Crippen molar-refractivity contribution in [3.63, 3.8) is 0 Å². The second kappa shape index (κ2) is 8.69. The predicted molar refractivity (Wildman–Crippen MR) is 92.7 cm³/mol. The Morgan fingerprint density at radius 2 is 2.04 bits per heavy atom. The highest BCUT2D eigenvalue weighted by Crippen LogP contribution is 2.31. The fourth-order valence-electron chi connectivity index (χ4n) is 2.63. The molecule has 2 rings (SSSR count). The number of likely N-dealkylation sites (N-methyl/N-ethyl adjacent to an activating group) is 2. The van der Waals surface area contributed by atoms with Crippen molar-refractivity contribution in [2.45, 2.75) is 12.8 Å². The lowest BCUT2D eigenvalue weighted by atomic mass is 10.1. The Kier molecular flexibility index (Phi) is 7.25. The first-order valence-electron chi connectivity index (χ1n) is 7.48. The lowest BCUT2D eigenvalue weighted by Gasteiger charge is -2.20. The fourth-order valence-corrected chi connectivity index (χ4v) is 2.63. The molecule has 0 atom stereocenters. The molecule has 1 aromatic rings. The number of benzene rings is 1. The molecule has 8 heteroatoms. The Morgan fingerprint density at radius 3 is 2.61 bits per heavy atom. The zero-order chi connectivity index (χ0) is 16.1. The van der Waals surface area contributed by atoms with E-state index < -0.39 is 4.92 Å². The summed E-state index contributed by atoms with van der Waals surface area (Å²) in [5.41, 5.74) is 0.972. The van der Waals surface area contributed by atoms with Crippen molar-refractivity contribution in [3.05, 3.63) is 33.9 Å². The van der Waals surface area contributed by atoms with Crippen LogP contribution in [0.5, 0.6) is 0 Å². The zero-order valence-corrected chi connectivity index (χ0v) is 14.3. The largest absolute Gasteiger partial charge is 0.366 e. The van der Waals surface area contributed by atoms with Gasteiger partial charge in [0.2, 0.25) is 0 Å². The molecule has 128 valence electrons. The van der Waals surface area contributed by atoms with E-state index in [1.807, 2.05) is 11.9 Å². The number of nitrogens with zero attached hydrogens (tertiary/aromatic N) is 3. The third kappa shape index (κ3) is 4.56. The van der Waals surface area contributed by atoms with Crippen molar-refractivity contribution < 1.29 is 9.72 Å². The van der Waals surface area contributed by atoms with Crippen LogP contribution in [-0.4, -0.2) is 56.0 Å². The predicted octanol–water partition coefficient (Wildman–Crippen LogP) is 1.91. The summed E-state index contributed by atoms with van der Waals surface area (Å²) in [6.07, 6.45) is 2.09. The average Bonchev–Trinajstić information content (AvgIpc) is 3.05. The molecule has 1 amide bonds. The molecule has 0 aliphatic carbocycles. The molecule has 1 N–H and O–H groups in total. The lowest BCUT2D eigenvalue weighted by molar-refractivity contribution is -0.384. The molecular weight excluding hydrogens is 320 g/mol. The van der Waals surface area contributed by atoms with Gasteiger partial charge in [0.15, 0.2) is 0 Å². The van der Waals surface area contributed by atoms with Crippen molar-refractivity contribution >= 4 is 29.7 Å². The third-order valence-electron chi connectivity index (χ3n) is 3.91. The van der Waals surface area contributed by atoms with Gasteiger partial charge in [0.25, 0.3) is 11.6 Å². The highest BCUT2D eigenvalue weighted by Gasteiger charge is 2.24. The maximum absolute atomic E-state index is 12.3. The van der Waals surface area contributed by atoms with E-state index >= 15 is 0 Å². The van der Waals surface area contributed by atoms with Crippen LogP contribution in [-0.2, 0) is 0 Å². The molecule has 1 aliphatic rings. The maximum Gasteiger partial charge on any atom is 0.293 e. The molecule has 23 heavy (non-hydrogen) atoms. The fraction of sp³-hybridized carbons (Fsp3) is 0.533. The number of nitrogens with one attached hydrogen (secondary N) is 1. The minimum atomic E-state index is -0.405. The number of hydrogen-bond acceptors (Lipinski definition) is 5. The van der Waals surface area contributed by atoms with Crippen LogP contribution < -0.4 is 10.2 Å². The first kappa shape index (κ1) is 19.2. The summed E-state index contributed by atoms with van der Waals surface area (Å²) < 4.78 is 0. The van der Waals surface area contributed by atoms with Crippen LogP contribution >= 0.6 is 12.4 Å². The molecule has 0 saturated carbocycles. The molecule has 0 bridgehead atoms. The quantitative estimate of drug-likeness (QED) is 0.631. The summed E-state index contributed by atoms with van der Waals surface area (Å²) in [6, 6.07) is 4.77. The molecular formula is C15H23ClN4O3. The number of hydrogen-bond donors (Lipinski definition) is 1. The number of carbonyl (C=O) groups is 1. The standard InChI is InChI=1S/C15H22N4O3.ClH/c1-16-7-10-17(2)15(20)12-5-6-13(14(11-12)19(21)22)18-8-3-4-9-18;/h5-6,11,16H,3-4,7-10H2,1-2H3;1H. The van der Waals surface area contributed by atoms with Gasteiger partial charge in [-0.25, -0.2) is 0 Å². The highest BCUT2D eigenvalue weighted by molar-refractivity contribution is 5.95. The number of carbonyl (C=O) groups excluding carboxylic acids is 1. The highest BCUT2D eigenvalue weighted by atomic mass is 35.5. The second-order valence-corrected chi connectivity index (χ2v) is 5.49. The number of nitro benzene ring substituents is 1. The Hall–Kier alpha value is -1.86. The van der Waals surface area contributed by atoms with Crippen LogP contribution in [0.2, 0.25) is 0 Å². The van der Waals surface area contributed by atoms with Gasteiger partial charge in [-0.15, -0.1) is 12.4 Å². The number of amides is 1. The van der Waals surface area contributed by atoms with Crippen molar-refractivity contribution in [2.24, 2.45) is 0 Å². The molecule has 7 nitrogen and oxygen atoms in total. The average molecular weight is 343 g/mol. The SMILES string of the molecule is CNCCN(C)C(=O)c1ccc(N2CCCC2)c([N+](=O)[O-])c1.Cl. The monoisotopic (exact) mass is 342 g/mol. The minimum Gasteiger partial charge on any atom is -0.366 e. The van der Waals surface area contributed by atoms with Gasteiger partial charge >= 0.3 is 0 Å². The topological polar surface area (TPSA) is 78.7 Å². The van der Waals surface area contributed by atoms with Crippen LogP contribution in [0.15, 0.2) is 18.2 Å². The van der Waals surface area contributed by atoms with E-state index in [1.165, 1.54) is 6.07 Å². The van der Waals surface area contributed by atoms with E-state index in [1.54, 1.807) is 24.1 Å². The zero-order valence-electron chi connectivity index (χ0n) is 13.4. The smallest absolute Gasteiger partial charge is 0.293 e. The van der Waals surface area contributed by atoms with Gasteiger partial charge in [-0.2, -0.15) is 0 Å². The molecule has 1 heterocycles. The summed E-state index contributed by atoms with van der Waals surface area (Å²) in [5.74, 6) is -0.202. The van der Waals surface area contributed by atoms with E-state index in [4.69, 9.17) is 0 Å².